The smallest absolute Gasteiger partial charge is 0.225 e. The van der Waals surface area contributed by atoms with Crippen molar-refractivity contribution in [2.75, 3.05) is 5.32 Å². The highest BCUT2D eigenvalue weighted by Crippen LogP contribution is 2.28. The fourth-order valence-electron chi connectivity index (χ4n) is 2.55. The molecule has 1 aromatic heterocycles. The van der Waals surface area contributed by atoms with Gasteiger partial charge in [-0.05, 0) is 20.8 Å². The van der Waals surface area contributed by atoms with Gasteiger partial charge >= 0.3 is 0 Å². The quantitative estimate of drug-likeness (QED) is 0.801. The molecule has 0 aliphatic rings. The van der Waals surface area contributed by atoms with Gasteiger partial charge in [-0.2, -0.15) is 5.10 Å². The van der Waals surface area contributed by atoms with Crippen molar-refractivity contribution in [2.24, 2.45) is 0 Å². The molecular formula is C21H29N3O2. The molecule has 0 radical (unpaired) electrons. The Morgan fingerprint density at radius 2 is 1.62 bits per heavy atom. The van der Waals surface area contributed by atoms with Crippen molar-refractivity contribution in [1.29, 1.82) is 0 Å². The van der Waals surface area contributed by atoms with Crippen LogP contribution in [0.25, 0.3) is 0 Å². The molecule has 1 amide bonds. The lowest BCUT2D eigenvalue weighted by Crippen LogP contribution is -2.27. The predicted octanol–water partition coefficient (Wildman–Crippen LogP) is 4.54. The van der Waals surface area contributed by atoms with Gasteiger partial charge in [0.1, 0.15) is 5.82 Å². The number of nitrogens with zero attached hydrogens (tertiary/aromatic N) is 2. The predicted molar refractivity (Wildman–Crippen MR) is 105 cm³/mol. The Balaban J connectivity index is 2.08. The summed E-state index contributed by atoms with van der Waals surface area (Å²) < 4.78 is 1.84. The Hall–Kier alpha value is -2.43. The van der Waals surface area contributed by atoms with Crippen molar-refractivity contribution < 1.29 is 9.59 Å². The van der Waals surface area contributed by atoms with E-state index in [1.54, 1.807) is 12.1 Å². The molecule has 0 aliphatic heterocycles. The first-order valence-electron chi connectivity index (χ1n) is 8.97. The monoisotopic (exact) mass is 355 g/mol. The lowest BCUT2D eigenvalue weighted by atomic mass is 9.92. The standard InChI is InChI=1S/C21H29N3O2/c1-20(2,3)17-14-18(24(23-17)21(4,5)6)22-19(26)13-12-16(25)15-10-8-7-9-11-15/h7-11,14H,12-13H2,1-6H3,(H,22,26). The van der Waals surface area contributed by atoms with Crippen LogP contribution in [0.3, 0.4) is 0 Å². The third kappa shape index (κ3) is 5.04. The van der Waals surface area contributed by atoms with Gasteiger partial charge in [-0.15, -0.1) is 0 Å². The Morgan fingerprint density at radius 1 is 1.00 bits per heavy atom. The molecule has 2 aromatic rings. The number of benzene rings is 1. The van der Waals surface area contributed by atoms with E-state index in [2.05, 4.69) is 31.2 Å². The highest BCUT2D eigenvalue weighted by Gasteiger charge is 2.25. The van der Waals surface area contributed by atoms with Crippen LogP contribution in [0.15, 0.2) is 36.4 Å². The summed E-state index contributed by atoms with van der Waals surface area (Å²) in [7, 11) is 0. The van der Waals surface area contributed by atoms with E-state index in [4.69, 9.17) is 0 Å². The Kier molecular flexibility index (Phi) is 5.69. The number of rotatable bonds is 5. The third-order valence-corrected chi connectivity index (χ3v) is 4.06. The van der Waals surface area contributed by atoms with Crippen LogP contribution in [-0.4, -0.2) is 21.5 Å². The molecule has 5 nitrogen and oxygen atoms in total. The van der Waals surface area contributed by atoms with Gasteiger partial charge in [0.05, 0.1) is 11.2 Å². The molecule has 0 aliphatic carbocycles. The second-order valence-corrected chi connectivity index (χ2v) is 8.58. The third-order valence-electron chi connectivity index (χ3n) is 4.06. The van der Waals surface area contributed by atoms with E-state index in [9.17, 15) is 9.59 Å². The molecule has 140 valence electrons. The first kappa shape index (κ1) is 19.9. The molecule has 0 unspecified atom stereocenters. The summed E-state index contributed by atoms with van der Waals surface area (Å²) in [6.07, 6.45) is 0.333. The summed E-state index contributed by atoms with van der Waals surface area (Å²) in [5, 5.41) is 7.61. The number of hydrogen-bond acceptors (Lipinski definition) is 3. The highest BCUT2D eigenvalue weighted by atomic mass is 16.2. The van der Waals surface area contributed by atoms with Crippen molar-refractivity contribution >= 4 is 17.5 Å². The molecule has 0 fully saturated rings. The van der Waals surface area contributed by atoms with Crippen LogP contribution < -0.4 is 5.32 Å². The number of aromatic nitrogens is 2. The van der Waals surface area contributed by atoms with Crippen molar-refractivity contribution in [2.45, 2.75) is 65.3 Å². The van der Waals surface area contributed by atoms with Gasteiger partial charge in [-0.1, -0.05) is 51.1 Å². The van der Waals surface area contributed by atoms with Gasteiger partial charge in [0.25, 0.3) is 0 Å². The van der Waals surface area contributed by atoms with Crippen molar-refractivity contribution in [3.8, 4) is 0 Å². The molecule has 0 spiro atoms. The van der Waals surface area contributed by atoms with Crippen LogP contribution in [0.4, 0.5) is 5.82 Å². The number of amides is 1. The van der Waals surface area contributed by atoms with Crippen LogP contribution >= 0.6 is 0 Å². The minimum Gasteiger partial charge on any atom is -0.311 e. The molecule has 0 saturated heterocycles. The first-order chi connectivity index (χ1) is 12.0. The second kappa shape index (κ2) is 7.44. The van der Waals surface area contributed by atoms with Gasteiger partial charge < -0.3 is 5.32 Å². The summed E-state index contributed by atoms with van der Waals surface area (Å²) >= 11 is 0. The number of Topliss-reactive ketones (excluding diaryl/α,β-unsaturated/α-hetero) is 1. The van der Waals surface area contributed by atoms with Gasteiger partial charge in [0.15, 0.2) is 5.78 Å². The summed E-state index contributed by atoms with van der Waals surface area (Å²) in [6.45, 7) is 12.4. The average Bonchev–Trinajstić information content (AvgIpc) is 2.98. The molecule has 0 bridgehead atoms. The van der Waals surface area contributed by atoms with Crippen molar-refractivity contribution in [1.82, 2.24) is 9.78 Å². The number of nitrogens with one attached hydrogen (secondary N) is 1. The van der Waals surface area contributed by atoms with E-state index >= 15 is 0 Å². The molecule has 0 saturated carbocycles. The van der Waals surface area contributed by atoms with E-state index in [-0.39, 0.29) is 35.5 Å². The fourth-order valence-corrected chi connectivity index (χ4v) is 2.55. The second-order valence-electron chi connectivity index (χ2n) is 8.58. The number of hydrogen-bond donors (Lipinski definition) is 1. The average molecular weight is 355 g/mol. The van der Waals surface area contributed by atoms with Crippen molar-refractivity contribution in [3.05, 3.63) is 47.7 Å². The minimum atomic E-state index is -0.258. The molecule has 1 N–H and O–H groups in total. The molecule has 1 heterocycles. The molecule has 0 atom stereocenters. The normalized spacial score (nSPS) is 12.1. The van der Waals surface area contributed by atoms with E-state index in [0.29, 0.717) is 11.4 Å². The van der Waals surface area contributed by atoms with Gasteiger partial charge in [0.2, 0.25) is 5.91 Å². The SMILES string of the molecule is CC(C)(C)c1cc(NC(=O)CCC(=O)c2ccccc2)n(C(C)(C)C)n1. The lowest BCUT2D eigenvalue weighted by molar-refractivity contribution is -0.116. The molecule has 26 heavy (non-hydrogen) atoms. The Bertz CT molecular complexity index is 778. The first-order valence-corrected chi connectivity index (χ1v) is 8.97. The molecular weight excluding hydrogens is 326 g/mol. The Labute approximate surface area is 155 Å². The zero-order valence-electron chi connectivity index (χ0n) is 16.6. The zero-order chi connectivity index (χ0) is 19.5. The largest absolute Gasteiger partial charge is 0.311 e. The topological polar surface area (TPSA) is 64.0 Å². The number of carbonyl (C=O) groups is 2. The van der Waals surface area contributed by atoms with Gasteiger partial charge in [-0.3, -0.25) is 9.59 Å². The number of carbonyl (C=O) groups excluding carboxylic acids is 2. The van der Waals surface area contributed by atoms with E-state index in [1.807, 2.05) is 49.7 Å². The van der Waals surface area contributed by atoms with Crippen molar-refractivity contribution in [3.63, 3.8) is 0 Å². The number of anilines is 1. The minimum absolute atomic E-state index is 0.0274. The van der Waals surface area contributed by atoms with Crippen LogP contribution in [0.1, 0.15) is 70.4 Å². The lowest BCUT2D eigenvalue weighted by Gasteiger charge is -2.23. The van der Waals surface area contributed by atoms with Crippen LogP contribution in [0, 0.1) is 0 Å². The maximum absolute atomic E-state index is 12.4. The summed E-state index contributed by atoms with van der Waals surface area (Å²) in [5.74, 6) is 0.459. The van der Waals surface area contributed by atoms with Gasteiger partial charge in [0, 0.05) is 29.9 Å². The van der Waals surface area contributed by atoms with E-state index in [0.717, 1.165) is 5.69 Å². The van der Waals surface area contributed by atoms with E-state index in [1.165, 1.54) is 0 Å². The highest BCUT2D eigenvalue weighted by molar-refractivity contribution is 5.99. The van der Waals surface area contributed by atoms with Gasteiger partial charge in [-0.25, -0.2) is 4.68 Å². The summed E-state index contributed by atoms with van der Waals surface area (Å²) in [5.41, 5.74) is 1.18. The fraction of sp³-hybridized carbons (Fsp3) is 0.476. The zero-order valence-corrected chi connectivity index (χ0v) is 16.6. The van der Waals surface area contributed by atoms with Crippen LogP contribution in [-0.2, 0) is 15.7 Å². The molecule has 5 heteroatoms. The van der Waals surface area contributed by atoms with E-state index < -0.39 is 0 Å². The molecule has 1 aromatic carbocycles. The maximum Gasteiger partial charge on any atom is 0.225 e. The number of ketones is 1. The Morgan fingerprint density at radius 3 is 2.15 bits per heavy atom. The summed E-state index contributed by atoms with van der Waals surface area (Å²) in [6, 6.07) is 11.0. The molecule has 2 rings (SSSR count). The maximum atomic E-state index is 12.4. The summed E-state index contributed by atoms with van der Waals surface area (Å²) in [4.78, 5) is 24.5. The van der Waals surface area contributed by atoms with Crippen LogP contribution in [0.2, 0.25) is 0 Å². The van der Waals surface area contributed by atoms with Crippen LogP contribution in [0.5, 0.6) is 0 Å².